The van der Waals surface area contributed by atoms with Crippen molar-refractivity contribution in [1.82, 2.24) is 0 Å². The highest BCUT2D eigenvalue weighted by Gasteiger charge is 2.61. The van der Waals surface area contributed by atoms with Gasteiger partial charge in [-0.2, -0.15) is 0 Å². The minimum absolute atomic E-state index is 0.0885. The fraction of sp³-hybridized carbons (Fsp3) is 0.950. The highest BCUT2D eigenvalue weighted by molar-refractivity contribution is 5.87. The second kappa shape index (κ2) is 5.56. The summed E-state index contributed by atoms with van der Waals surface area (Å²) >= 11 is 0. The molecule has 0 aromatic rings. The molecule has 0 spiro atoms. The van der Waals surface area contributed by atoms with E-state index < -0.39 is 0 Å². The van der Waals surface area contributed by atoms with E-state index in [2.05, 4.69) is 13.8 Å². The number of aliphatic hydroxyl groups excluding tert-OH is 1. The summed E-state index contributed by atoms with van der Waals surface area (Å²) in [6.07, 6.45) is 8.09. The molecular formula is C20H32O3. The van der Waals surface area contributed by atoms with E-state index >= 15 is 0 Å². The Morgan fingerprint density at radius 2 is 1.87 bits per heavy atom. The van der Waals surface area contributed by atoms with Gasteiger partial charge in [-0.05, 0) is 74.0 Å². The second-order valence-electron chi connectivity index (χ2n) is 9.21. The lowest BCUT2D eigenvalue weighted by Gasteiger charge is -2.60. The first-order valence-electron chi connectivity index (χ1n) is 9.76. The van der Waals surface area contributed by atoms with E-state index in [9.17, 15) is 9.90 Å². The van der Waals surface area contributed by atoms with E-state index in [1.54, 1.807) is 0 Å². The molecule has 130 valence electrons. The third-order valence-electron chi connectivity index (χ3n) is 8.40. The first-order chi connectivity index (χ1) is 11.0. The van der Waals surface area contributed by atoms with Gasteiger partial charge in [0.25, 0.3) is 0 Å². The van der Waals surface area contributed by atoms with Crippen LogP contribution in [0.15, 0.2) is 0 Å². The number of ketones is 1. The lowest BCUT2D eigenvalue weighted by molar-refractivity contribution is -0.160. The van der Waals surface area contributed by atoms with Crippen LogP contribution in [0.1, 0.15) is 65.2 Å². The molecule has 1 heterocycles. The Morgan fingerprint density at radius 3 is 2.70 bits per heavy atom. The quantitative estimate of drug-likeness (QED) is 0.742. The average Bonchev–Trinajstić information content (AvgIpc) is 2.79. The Kier molecular flexibility index (Phi) is 3.88. The number of hydrogen-bond donors (Lipinski definition) is 1. The van der Waals surface area contributed by atoms with Crippen molar-refractivity contribution in [2.45, 2.75) is 71.3 Å². The molecule has 0 aromatic heterocycles. The van der Waals surface area contributed by atoms with Crippen LogP contribution in [-0.4, -0.2) is 30.2 Å². The minimum atomic E-state index is -0.207. The Labute approximate surface area is 140 Å². The average molecular weight is 320 g/mol. The number of carbonyl (C=O) groups excluding carboxylic acids is 1. The topological polar surface area (TPSA) is 46.5 Å². The van der Waals surface area contributed by atoms with Gasteiger partial charge < -0.3 is 9.84 Å². The van der Waals surface area contributed by atoms with Gasteiger partial charge in [0.05, 0.1) is 6.10 Å². The maximum absolute atomic E-state index is 12.5. The Morgan fingerprint density at radius 1 is 1.04 bits per heavy atom. The van der Waals surface area contributed by atoms with Gasteiger partial charge in [-0.25, -0.2) is 0 Å². The molecule has 3 unspecified atom stereocenters. The van der Waals surface area contributed by atoms with Gasteiger partial charge in [-0.1, -0.05) is 13.8 Å². The van der Waals surface area contributed by atoms with Crippen molar-refractivity contribution in [2.24, 2.45) is 34.5 Å². The van der Waals surface area contributed by atoms with Crippen LogP contribution in [0.5, 0.6) is 0 Å². The van der Waals surface area contributed by atoms with Crippen LogP contribution in [0.25, 0.3) is 0 Å². The number of rotatable bonds is 0. The smallest absolute Gasteiger partial charge is 0.139 e. The number of Topliss-reactive ketones (excluding diaryl/α,β-unsaturated/α-hetero) is 1. The van der Waals surface area contributed by atoms with E-state index in [4.69, 9.17) is 4.74 Å². The summed E-state index contributed by atoms with van der Waals surface area (Å²) in [5.74, 6) is 2.64. The van der Waals surface area contributed by atoms with Crippen LogP contribution in [0.3, 0.4) is 0 Å². The van der Waals surface area contributed by atoms with E-state index in [1.807, 2.05) is 0 Å². The SMILES string of the molecule is C[C@]12CCCOCCC1C(O)C[C@@H]1C2CC[C@]2(C)C(=O)CC[C@@H]12. The first kappa shape index (κ1) is 16.1. The molecule has 4 fully saturated rings. The second-order valence-corrected chi connectivity index (χ2v) is 9.21. The number of ether oxygens (including phenoxy) is 1. The van der Waals surface area contributed by atoms with Crippen molar-refractivity contribution < 1.29 is 14.6 Å². The number of carbonyl (C=O) groups is 1. The standard InChI is InChI=1S/C20H32O3/c1-19-8-3-10-23-11-7-16(19)17(21)12-13-14-4-5-18(22)20(14,2)9-6-15(13)19/h13-17,21H,3-12H2,1-2H3/t13-,14-,15?,16?,17?,19+,20-/m0/s1. The highest BCUT2D eigenvalue weighted by atomic mass is 16.5. The van der Waals surface area contributed by atoms with E-state index in [-0.39, 0.29) is 16.9 Å². The molecule has 1 N–H and O–H groups in total. The van der Waals surface area contributed by atoms with E-state index in [0.29, 0.717) is 29.5 Å². The van der Waals surface area contributed by atoms with Crippen molar-refractivity contribution in [3.63, 3.8) is 0 Å². The Balaban J connectivity index is 1.67. The van der Waals surface area contributed by atoms with Gasteiger partial charge in [0.1, 0.15) is 5.78 Å². The molecule has 3 saturated carbocycles. The summed E-state index contributed by atoms with van der Waals surface area (Å²) in [6, 6.07) is 0. The molecule has 4 rings (SSSR count). The highest BCUT2D eigenvalue weighted by Crippen LogP contribution is 2.64. The summed E-state index contributed by atoms with van der Waals surface area (Å²) in [5.41, 5.74) is 0.147. The van der Waals surface area contributed by atoms with E-state index in [1.165, 1.54) is 12.8 Å². The molecule has 4 aliphatic rings. The van der Waals surface area contributed by atoms with Gasteiger partial charge in [0, 0.05) is 25.0 Å². The molecule has 3 heteroatoms. The fourth-order valence-corrected chi connectivity index (χ4v) is 7.12. The van der Waals surface area contributed by atoms with Crippen LogP contribution >= 0.6 is 0 Å². The third kappa shape index (κ3) is 2.26. The molecule has 23 heavy (non-hydrogen) atoms. The summed E-state index contributed by atoms with van der Waals surface area (Å²) < 4.78 is 5.70. The molecule has 7 atom stereocenters. The van der Waals surface area contributed by atoms with Gasteiger partial charge in [-0.3, -0.25) is 4.79 Å². The number of hydrogen-bond acceptors (Lipinski definition) is 3. The monoisotopic (exact) mass is 320 g/mol. The summed E-state index contributed by atoms with van der Waals surface area (Å²) in [6.45, 7) is 6.34. The van der Waals surface area contributed by atoms with Gasteiger partial charge >= 0.3 is 0 Å². The lowest BCUT2D eigenvalue weighted by atomic mass is 9.46. The first-order valence-corrected chi connectivity index (χ1v) is 9.76. The lowest BCUT2D eigenvalue weighted by Crippen LogP contribution is -2.56. The zero-order valence-corrected chi connectivity index (χ0v) is 14.7. The fourth-order valence-electron chi connectivity index (χ4n) is 7.12. The third-order valence-corrected chi connectivity index (χ3v) is 8.40. The van der Waals surface area contributed by atoms with Crippen LogP contribution in [-0.2, 0) is 9.53 Å². The molecular weight excluding hydrogens is 288 g/mol. The molecule has 3 nitrogen and oxygen atoms in total. The Hall–Kier alpha value is -0.410. The summed E-state index contributed by atoms with van der Waals surface area (Å²) in [5, 5.41) is 11.0. The Bertz CT molecular complexity index is 489. The van der Waals surface area contributed by atoms with Gasteiger partial charge in [-0.15, -0.1) is 0 Å². The zero-order valence-electron chi connectivity index (χ0n) is 14.7. The van der Waals surface area contributed by atoms with Crippen LogP contribution < -0.4 is 0 Å². The van der Waals surface area contributed by atoms with Crippen molar-refractivity contribution in [3.05, 3.63) is 0 Å². The maximum atomic E-state index is 12.5. The van der Waals surface area contributed by atoms with Crippen molar-refractivity contribution in [1.29, 1.82) is 0 Å². The molecule has 0 bridgehead atoms. The maximum Gasteiger partial charge on any atom is 0.139 e. The van der Waals surface area contributed by atoms with Crippen molar-refractivity contribution in [2.75, 3.05) is 13.2 Å². The predicted octanol–water partition coefficient (Wildman–Crippen LogP) is 3.59. The van der Waals surface area contributed by atoms with Crippen molar-refractivity contribution >= 4 is 5.78 Å². The largest absolute Gasteiger partial charge is 0.393 e. The summed E-state index contributed by atoms with van der Waals surface area (Å²) in [4.78, 5) is 12.5. The number of fused-ring (bicyclic) bond motifs is 5. The van der Waals surface area contributed by atoms with Crippen LogP contribution in [0.2, 0.25) is 0 Å². The molecule has 1 aliphatic heterocycles. The van der Waals surface area contributed by atoms with E-state index in [0.717, 1.165) is 51.7 Å². The number of aliphatic hydroxyl groups is 1. The molecule has 1 saturated heterocycles. The van der Waals surface area contributed by atoms with Crippen molar-refractivity contribution in [3.8, 4) is 0 Å². The van der Waals surface area contributed by atoms with Gasteiger partial charge in [0.2, 0.25) is 0 Å². The molecule has 0 aromatic carbocycles. The normalized spacial score (nSPS) is 53.7. The predicted molar refractivity (Wildman–Crippen MR) is 88.9 cm³/mol. The minimum Gasteiger partial charge on any atom is -0.393 e. The van der Waals surface area contributed by atoms with Crippen LogP contribution in [0.4, 0.5) is 0 Å². The van der Waals surface area contributed by atoms with Crippen LogP contribution in [0, 0.1) is 34.5 Å². The van der Waals surface area contributed by atoms with Gasteiger partial charge in [0.15, 0.2) is 0 Å². The molecule has 0 amide bonds. The summed E-state index contributed by atoms with van der Waals surface area (Å²) in [7, 11) is 0. The molecule has 3 aliphatic carbocycles. The molecule has 0 radical (unpaired) electrons. The zero-order chi connectivity index (χ0) is 16.2.